The van der Waals surface area contributed by atoms with Gasteiger partial charge in [0.25, 0.3) is 5.91 Å². The number of rotatable bonds is 3. The van der Waals surface area contributed by atoms with E-state index in [9.17, 15) is 9.18 Å². The highest BCUT2D eigenvalue weighted by atomic mass is 35.5. The van der Waals surface area contributed by atoms with Crippen molar-refractivity contribution in [3.63, 3.8) is 0 Å². The summed E-state index contributed by atoms with van der Waals surface area (Å²) < 4.78 is 16.6. The summed E-state index contributed by atoms with van der Waals surface area (Å²) in [6, 6.07) is -0.0367. The van der Waals surface area contributed by atoms with E-state index in [0.29, 0.717) is 22.4 Å². The predicted octanol–water partition coefficient (Wildman–Crippen LogP) is 2.39. The normalized spacial score (nSPS) is 20.9. The molecule has 0 unspecified atom stereocenters. The van der Waals surface area contributed by atoms with Gasteiger partial charge in [-0.1, -0.05) is 12.8 Å². The van der Waals surface area contributed by atoms with Crippen molar-refractivity contribution < 1.29 is 9.18 Å². The van der Waals surface area contributed by atoms with Crippen LogP contribution < -0.4 is 16.4 Å². The average molecular weight is 417 g/mol. The van der Waals surface area contributed by atoms with Gasteiger partial charge in [0.05, 0.1) is 17.5 Å². The first kappa shape index (κ1) is 21.4. The van der Waals surface area contributed by atoms with Crippen LogP contribution in [0.15, 0.2) is 12.4 Å². The van der Waals surface area contributed by atoms with Crippen LogP contribution >= 0.6 is 24.8 Å². The van der Waals surface area contributed by atoms with E-state index in [1.54, 1.807) is 24.1 Å². The number of hydrogen-bond acceptors (Lipinski definition) is 5. The number of aryl methyl sites for hydroxylation is 1. The monoisotopic (exact) mass is 416 g/mol. The maximum Gasteiger partial charge on any atom is 0.254 e. The number of pyridine rings is 1. The Hall–Kier alpha value is -1.90. The van der Waals surface area contributed by atoms with Crippen LogP contribution in [0.25, 0.3) is 11.3 Å². The standard InChI is InChI=1S/C17H21FN6O.2ClH/c1-24-8-9(6-21-24)15-13-10(7-20-17(13)25)14(18)16(23-15)22-12-5-3-2-4-11(12)19;;/h6,8,11-12H,2-5,7,19H2,1H3,(H,20,25)(H,22,23);2*1H/t11-,12+;;/m0../s1. The van der Waals surface area contributed by atoms with Crippen molar-refractivity contribution in [2.24, 2.45) is 12.8 Å². The Balaban J connectivity index is 0.00000131. The van der Waals surface area contributed by atoms with Gasteiger partial charge in [0.1, 0.15) is 0 Å². The summed E-state index contributed by atoms with van der Waals surface area (Å²) in [5, 5.41) is 10.0. The number of carbonyl (C=O) groups is 1. The number of fused-ring (bicyclic) bond motifs is 1. The molecule has 1 amide bonds. The van der Waals surface area contributed by atoms with Crippen LogP contribution in [0.5, 0.6) is 0 Å². The molecule has 1 aliphatic heterocycles. The van der Waals surface area contributed by atoms with E-state index >= 15 is 0 Å². The second-order valence-electron chi connectivity index (χ2n) is 6.76. The first-order valence-electron chi connectivity index (χ1n) is 8.56. The van der Waals surface area contributed by atoms with Gasteiger partial charge >= 0.3 is 0 Å². The van der Waals surface area contributed by atoms with Crippen LogP contribution in [-0.2, 0) is 13.6 Å². The Morgan fingerprint density at radius 2 is 2.07 bits per heavy atom. The Morgan fingerprint density at radius 1 is 1.33 bits per heavy atom. The molecule has 2 aromatic rings. The molecule has 0 radical (unpaired) electrons. The van der Waals surface area contributed by atoms with Crippen LogP contribution in [-0.4, -0.2) is 32.8 Å². The molecule has 0 spiro atoms. The molecule has 148 valence electrons. The van der Waals surface area contributed by atoms with E-state index in [1.807, 2.05) is 0 Å². The molecule has 2 aromatic heterocycles. The summed E-state index contributed by atoms with van der Waals surface area (Å²) in [6.07, 6.45) is 7.36. The molecule has 1 fully saturated rings. The third-order valence-corrected chi connectivity index (χ3v) is 5.01. The van der Waals surface area contributed by atoms with E-state index in [0.717, 1.165) is 25.7 Å². The third-order valence-electron chi connectivity index (χ3n) is 5.01. The average Bonchev–Trinajstić information content (AvgIpc) is 3.19. The number of halogens is 3. The number of amides is 1. The van der Waals surface area contributed by atoms with Crippen LogP contribution in [0, 0.1) is 5.82 Å². The summed E-state index contributed by atoms with van der Waals surface area (Å²) in [5.74, 6) is -0.614. The number of hydrogen-bond donors (Lipinski definition) is 3. The maximum absolute atomic E-state index is 15.0. The van der Waals surface area contributed by atoms with E-state index in [-0.39, 0.29) is 55.2 Å². The van der Waals surface area contributed by atoms with Gasteiger partial charge in [-0.25, -0.2) is 9.37 Å². The maximum atomic E-state index is 15.0. The molecule has 1 aliphatic carbocycles. The molecule has 2 atom stereocenters. The number of nitrogens with one attached hydrogen (secondary N) is 2. The Morgan fingerprint density at radius 3 is 2.74 bits per heavy atom. The van der Waals surface area contributed by atoms with E-state index in [2.05, 4.69) is 20.7 Å². The smallest absolute Gasteiger partial charge is 0.254 e. The fourth-order valence-electron chi connectivity index (χ4n) is 3.64. The van der Waals surface area contributed by atoms with Gasteiger partial charge in [-0.05, 0) is 12.8 Å². The van der Waals surface area contributed by atoms with Crippen molar-refractivity contribution in [2.45, 2.75) is 44.3 Å². The third kappa shape index (κ3) is 3.88. The lowest BCUT2D eigenvalue weighted by molar-refractivity contribution is 0.0966. The highest BCUT2D eigenvalue weighted by molar-refractivity contribution is 6.04. The topological polar surface area (TPSA) is 97.9 Å². The molecule has 0 aromatic carbocycles. The molecule has 0 saturated heterocycles. The molecule has 3 heterocycles. The predicted molar refractivity (Wildman–Crippen MR) is 106 cm³/mol. The minimum Gasteiger partial charge on any atom is -0.363 e. The minimum absolute atomic E-state index is 0. The van der Waals surface area contributed by atoms with Gasteiger partial charge in [0.2, 0.25) is 0 Å². The first-order chi connectivity index (χ1) is 12.0. The first-order valence-corrected chi connectivity index (χ1v) is 8.56. The van der Waals surface area contributed by atoms with Crippen molar-refractivity contribution >= 4 is 36.5 Å². The molecule has 1 saturated carbocycles. The zero-order chi connectivity index (χ0) is 17.6. The van der Waals surface area contributed by atoms with Crippen LogP contribution in [0.3, 0.4) is 0 Å². The van der Waals surface area contributed by atoms with Crippen molar-refractivity contribution in [3.8, 4) is 11.3 Å². The SMILES string of the molecule is Cl.Cl.Cn1cc(-c2nc(N[C@@H]3CCCC[C@@H]3N)c(F)c3c2C(=O)NC3)cn1. The molecular formula is C17H23Cl2FN6O. The fourth-order valence-corrected chi connectivity index (χ4v) is 3.64. The van der Waals surface area contributed by atoms with Gasteiger partial charge in [-0.2, -0.15) is 5.10 Å². The van der Waals surface area contributed by atoms with E-state index in [4.69, 9.17) is 5.73 Å². The van der Waals surface area contributed by atoms with Gasteiger partial charge in [-0.15, -0.1) is 24.8 Å². The molecule has 10 heteroatoms. The van der Waals surface area contributed by atoms with Crippen LogP contribution in [0.1, 0.15) is 41.6 Å². The van der Waals surface area contributed by atoms with Gasteiger partial charge in [-0.3, -0.25) is 9.48 Å². The number of carbonyl (C=O) groups excluding carboxylic acids is 1. The number of anilines is 1. The Bertz CT molecular complexity index is 843. The van der Waals surface area contributed by atoms with Crippen molar-refractivity contribution in [1.82, 2.24) is 20.1 Å². The van der Waals surface area contributed by atoms with Crippen LogP contribution in [0.2, 0.25) is 0 Å². The zero-order valence-electron chi connectivity index (χ0n) is 14.9. The number of aromatic nitrogens is 3. The van der Waals surface area contributed by atoms with Gasteiger partial charge in [0, 0.05) is 43.0 Å². The highest BCUT2D eigenvalue weighted by Gasteiger charge is 2.32. The van der Waals surface area contributed by atoms with Crippen LogP contribution in [0.4, 0.5) is 10.2 Å². The lowest BCUT2D eigenvalue weighted by atomic mass is 9.91. The second kappa shape index (κ2) is 8.41. The fraction of sp³-hybridized carbons (Fsp3) is 0.471. The lowest BCUT2D eigenvalue weighted by Gasteiger charge is -2.30. The van der Waals surface area contributed by atoms with E-state index in [1.165, 1.54) is 0 Å². The molecule has 2 aliphatic rings. The Kier molecular flexibility index (Phi) is 6.67. The van der Waals surface area contributed by atoms with Gasteiger partial charge < -0.3 is 16.4 Å². The summed E-state index contributed by atoms with van der Waals surface area (Å²) in [6.45, 7) is 0.168. The molecule has 4 rings (SSSR count). The van der Waals surface area contributed by atoms with Crippen molar-refractivity contribution in [1.29, 1.82) is 0 Å². The van der Waals surface area contributed by atoms with Gasteiger partial charge in [0.15, 0.2) is 11.6 Å². The molecular weight excluding hydrogens is 394 g/mol. The van der Waals surface area contributed by atoms with Crippen molar-refractivity contribution in [3.05, 3.63) is 29.3 Å². The quantitative estimate of drug-likeness (QED) is 0.713. The Labute approximate surface area is 169 Å². The molecule has 27 heavy (non-hydrogen) atoms. The molecule has 0 bridgehead atoms. The summed E-state index contributed by atoms with van der Waals surface area (Å²) >= 11 is 0. The number of nitrogens with two attached hydrogens (primary N) is 1. The summed E-state index contributed by atoms with van der Waals surface area (Å²) in [7, 11) is 1.79. The second-order valence-corrected chi connectivity index (χ2v) is 6.76. The van der Waals surface area contributed by atoms with E-state index < -0.39 is 5.82 Å². The minimum atomic E-state index is -0.473. The molecule has 4 N–H and O–H groups in total. The highest BCUT2D eigenvalue weighted by Crippen LogP contribution is 2.33. The number of nitrogens with zero attached hydrogens (tertiary/aromatic N) is 3. The summed E-state index contributed by atoms with van der Waals surface area (Å²) in [5.41, 5.74) is 7.96. The zero-order valence-corrected chi connectivity index (χ0v) is 16.5. The summed E-state index contributed by atoms with van der Waals surface area (Å²) in [4.78, 5) is 16.6. The lowest BCUT2D eigenvalue weighted by Crippen LogP contribution is -2.43. The molecule has 7 nitrogen and oxygen atoms in total. The van der Waals surface area contributed by atoms with Crippen molar-refractivity contribution in [2.75, 3.05) is 5.32 Å². The largest absolute Gasteiger partial charge is 0.363 e.